The van der Waals surface area contributed by atoms with Crippen molar-refractivity contribution in [2.45, 2.75) is 30.6 Å². The van der Waals surface area contributed by atoms with Crippen LogP contribution in [0.3, 0.4) is 0 Å². The molecule has 0 amide bonds. The van der Waals surface area contributed by atoms with Gasteiger partial charge in [-0.25, -0.2) is 13.4 Å². The van der Waals surface area contributed by atoms with Gasteiger partial charge in [-0.2, -0.15) is 4.39 Å². The third kappa shape index (κ3) is 2.77. The number of sulfone groups is 1. The first-order chi connectivity index (χ1) is 11.4. The second kappa shape index (κ2) is 5.24. The Balaban J connectivity index is 1.77. The normalized spacial score (nSPS) is 19.1. The van der Waals surface area contributed by atoms with Crippen LogP contribution in [0.5, 0.6) is 0 Å². The second-order valence-corrected chi connectivity index (χ2v) is 8.99. The molecule has 1 heterocycles. The van der Waals surface area contributed by atoms with Crippen molar-refractivity contribution >= 4 is 21.0 Å². The minimum Gasteiger partial charge on any atom is -0.228 e. The predicted molar refractivity (Wildman–Crippen MR) is 91.5 cm³/mol. The van der Waals surface area contributed by atoms with Gasteiger partial charge >= 0.3 is 0 Å². The molecule has 0 unspecified atom stereocenters. The van der Waals surface area contributed by atoms with Gasteiger partial charge in [-0.3, -0.25) is 0 Å². The highest BCUT2D eigenvalue weighted by Crippen LogP contribution is 2.63. The van der Waals surface area contributed by atoms with Crippen molar-refractivity contribution in [1.29, 1.82) is 0 Å². The number of halogens is 1. The molecule has 0 atom stereocenters. The Morgan fingerprint density at radius 1 is 0.958 bits per heavy atom. The monoisotopic (exact) mass is 343 g/mol. The highest BCUT2D eigenvalue weighted by atomic mass is 32.2. The first kappa shape index (κ1) is 15.5. The summed E-state index contributed by atoms with van der Waals surface area (Å²) in [7, 11) is -3.19. The summed E-state index contributed by atoms with van der Waals surface area (Å²) in [6.45, 7) is 0. The number of benzene rings is 1. The van der Waals surface area contributed by atoms with Crippen LogP contribution in [0.2, 0.25) is 0 Å². The SMILES string of the molecule is CS(=O)(=O)c1ccc(C2=C(c3ccc(F)nc3)CC3(CC3)C2)cc1. The Hall–Kier alpha value is -2.01. The van der Waals surface area contributed by atoms with Crippen LogP contribution < -0.4 is 0 Å². The molecule has 124 valence electrons. The van der Waals surface area contributed by atoms with Gasteiger partial charge in [-0.05, 0) is 77.6 Å². The van der Waals surface area contributed by atoms with Crippen LogP contribution in [-0.2, 0) is 9.84 Å². The minimum atomic E-state index is -3.19. The molecule has 1 spiro atoms. The van der Waals surface area contributed by atoms with Crippen molar-refractivity contribution in [3.63, 3.8) is 0 Å². The average molecular weight is 343 g/mol. The topological polar surface area (TPSA) is 47.0 Å². The quantitative estimate of drug-likeness (QED) is 0.788. The third-order valence-electron chi connectivity index (χ3n) is 5.13. The van der Waals surface area contributed by atoms with Crippen LogP contribution in [0, 0.1) is 11.4 Å². The number of hydrogen-bond donors (Lipinski definition) is 0. The van der Waals surface area contributed by atoms with Crippen LogP contribution in [0.1, 0.15) is 36.8 Å². The lowest BCUT2D eigenvalue weighted by molar-refractivity contribution is 0.567. The van der Waals surface area contributed by atoms with E-state index >= 15 is 0 Å². The first-order valence-corrected chi connectivity index (χ1v) is 9.90. The van der Waals surface area contributed by atoms with E-state index in [0.717, 1.165) is 24.0 Å². The molecule has 5 heteroatoms. The molecule has 0 radical (unpaired) electrons. The lowest BCUT2D eigenvalue weighted by atomic mass is 9.98. The molecule has 1 aromatic heterocycles. The van der Waals surface area contributed by atoms with E-state index in [9.17, 15) is 12.8 Å². The Bertz CT molecular complexity index is 924. The van der Waals surface area contributed by atoms with Crippen LogP contribution in [0.15, 0.2) is 47.5 Å². The fourth-order valence-corrected chi connectivity index (χ4v) is 4.20. The largest absolute Gasteiger partial charge is 0.228 e. The van der Waals surface area contributed by atoms with Crippen molar-refractivity contribution in [2.75, 3.05) is 6.26 Å². The predicted octanol–water partition coefficient (Wildman–Crippen LogP) is 4.11. The molecule has 1 fully saturated rings. The summed E-state index contributed by atoms with van der Waals surface area (Å²) < 4.78 is 36.4. The van der Waals surface area contributed by atoms with Gasteiger partial charge in [0.05, 0.1) is 4.90 Å². The maximum absolute atomic E-state index is 13.1. The van der Waals surface area contributed by atoms with Crippen LogP contribution >= 0.6 is 0 Å². The summed E-state index contributed by atoms with van der Waals surface area (Å²) in [5.41, 5.74) is 4.81. The molecule has 2 aliphatic carbocycles. The van der Waals surface area contributed by atoms with E-state index in [0.29, 0.717) is 10.3 Å². The van der Waals surface area contributed by atoms with Crippen LogP contribution in [0.4, 0.5) is 4.39 Å². The fourth-order valence-electron chi connectivity index (χ4n) is 3.57. The summed E-state index contributed by atoms with van der Waals surface area (Å²) in [4.78, 5) is 4.12. The zero-order chi connectivity index (χ0) is 16.9. The van der Waals surface area contributed by atoms with Crippen LogP contribution in [0.25, 0.3) is 11.1 Å². The molecular weight excluding hydrogens is 325 g/mol. The van der Waals surface area contributed by atoms with Gasteiger partial charge in [0, 0.05) is 12.5 Å². The lowest BCUT2D eigenvalue weighted by Gasteiger charge is -2.09. The van der Waals surface area contributed by atoms with Gasteiger partial charge in [0.25, 0.3) is 0 Å². The Kier molecular flexibility index (Phi) is 3.39. The molecule has 2 aromatic rings. The molecule has 0 saturated heterocycles. The Morgan fingerprint density at radius 3 is 2.04 bits per heavy atom. The summed E-state index contributed by atoms with van der Waals surface area (Å²) in [6, 6.07) is 10.3. The number of pyridine rings is 1. The number of rotatable bonds is 3. The minimum absolute atomic E-state index is 0.330. The Labute approximate surface area is 141 Å². The van der Waals surface area contributed by atoms with Gasteiger partial charge in [-0.15, -0.1) is 0 Å². The summed E-state index contributed by atoms with van der Waals surface area (Å²) >= 11 is 0. The molecule has 2 aliphatic rings. The van der Waals surface area contributed by atoms with Gasteiger partial charge in [-0.1, -0.05) is 12.1 Å². The van der Waals surface area contributed by atoms with E-state index < -0.39 is 15.8 Å². The highest BCUT2D eigenvalue weighted by molar-refractivity contribution is 7.90. The van der Waals surface area contributed by atoms with Crippen molar-refractivity contribution in [2.24, 2.45) is 5.41 Å². The summed E-state index contributed by atoms with van der Waals surface area (Å²) in [5, 5.41) is 0. The Morgan fingerprint density at radius 2 is 1.54 bits per heavy atom. The smallest absolute Gasteiger partial charge is 0.212 e. The van der Waals surface area contributed by atoms with Crippen molar-refractivity contribution in [3.8, 4) is 0 Å². The van der Waals surface area contributed by atoms with Crippen LogP contribution in [-0.4, -0.2) is 19.7 Å². The lowest BCUT2D eigenvalue weighted by Crippen LogP contribution is -1.97. The van der Waals surface area contributed by atoms with Gasteiger partial charge in [0.1, 0.15) is 0 Å². The van der Waals surface area contributed by atoms with E-state index in [-0.39, 0.29) is 0 Å². The number of allylic oxidation sites excluding steroid dienone is 2. The van der Waals surface area contributed by atoms with E-state index in [1.54, 1.807) is 24.4 Å². The zero-order valence-electron chi connectivity index (χ0n) is 13.4. The second-order valence-electron chi connectivity index (χ2n) is 6.98. The highest BCUT2D eigenvalue weighted by Gasteiger charge is 2.48. The van der Waals surface area contributed by atoms with Gasteiger partial charge < -0.3 is 0 Å². The molecule has 1 saturated carbocycles. The van der Waals surface area contributed by atoms with E-state index in [4.69, 9.17) is 0 Å². The molecular formula is C19H18FNO2S. The number of nitrogens with zero attached hydrogens (tertiary/aromatic N) is 1. The number of hydrogen-bond acceptors (Lipinski definition) is 3. The fraction of sp³-hybridized carbons (Fsp3) is 0.316. The van der Waals surface area contributed by atoms with E-state index in [2.05, 4.69) is 4.98 Å². The maximum atomic E-state index is 13.1. The molecule has 1 aromatic carbocycles. The standard InChI is InChI=1S/C19H18FNO2S/c1-24(22,23)15-5-2-13(3-6-15)16-10-19(8-9-19)11-17(16)14-4-7-18(20)21-12-14/h2-7,12H,8-11H2,1H3. The molecule has 3 nitrogen and oxygen atoms in total. The molecule has 0 N–H and O–H groups in total. The molecule has 0 aliphatic heterocycles. The van der Waals surface area contributed by atoms with Gasteiger partial charge in [0.2, 0.25) is 5.95 Å². The van der Waals surface area contributed by atoms with Crippen molar-refractivity contribution in [3.05, 3.63) is 59.7 Å². The van der Waals surface area contributed by atoms with Crippen molar-refractivity contribution in [1.82, 2.24) is 4.98 Å². The zero-order valence-corrected chi connectivity index (χ0v) is 14.2. The summed E-state index contributed by atoms with van der Waals surface area (Å²) in [6.07, 6.45) is 7.23. The van der Waals surface area contributed by atoms with E-state index in [1.807, 2.05) is 12.1 Å². The average Bonchev–Trinajstić information content (AvgIpc) is 3.19. The molecule has 24 heavy (non-hydrogen) atoms. The third-order valence-corrected chi connectivity index (χ3v) is 6.26. The van der Waals surface area contributed by atoms with Gasteiger partial charge in [0.15, 0.2) is 9.84 Å². The number of aromatic nitrogens is 1. The summed E-state index contributed by atoms with van der Waals surface area (Å²) in [5.74, 6) is -0.475. The maximum Gasteiger partial charge on any atom is 0.212 e. The van der Waals surface area contributed by atoms with Crippen molar-refractivity contribution < 1.29 is 12.8 Å². The van der Waals surface area contributed by atoms with E-state index in [1.165, 1.54) is 36.3 Å². The molecule has 0 bridgehead atoms. The molecule has 4 rings (SSSR count). The first-order valence-electron chi connectivity index (χ1n) is 8.01.